The second-order valence-electron chi connectivity index (χ2n) is 5.81. The second kappa shape index (κ2) is 4.04. The smallest absolute Gasteiger partial charge is 0.174 e. The quantitative estimate of drug-likeness (QED) is 0.762. The summed E-state index contributed by atoms with van der Waals surface area (Å²) in [6, 6.07) is 6.25. The zero-order valence-electron chi connectivity index (χ0n) is 10.5. The van der Waals surface area contributed by atoms with Crippen LogP contribution in [0.4, 0.5) is 0 Å². The average molecular weight is 245 g/mol. The number of aromatic nitrogens is 1. The van der Waals surface area contributed by atoms with Crippen molar-refractivity contribution in [1.82, 2.24) is 4.98 Å². The second-order valence-corrected chi connectivity index (χ2v) is 5.81. The summed E-state index contributed by atoms with van der Waals surface area (Å²) < 4.78 is 12.0. The van der Waals surface area contributed by atoms with Gasteiger partial charge in [-0.3, -0.25) is 4.98 Å². The summed E-state index contributed by atoms with van der Waals surface area (Å²) in [7, 11) is 0. The lowest BCUT2D eigenvalue weighted by Crippen LogP contribution is -2.45. The average Bonchev–Trinajstić information content (AvgIpc) is 2.95. The number of hydrogen-bond acceptors (Lipinski definition) is 3. The third kappa shape index (κ3) is 1.47. The van der Waals surface area contributed by atoms with Crippen molar-refractivity contribution < 1.29 is 9.47 Å². The van der Waals surface area contributed by atoms with E-state index in [0.29, 0.717) is 17.8 Å². The van der Waals surface area contributed by atoms with Crippen LogP contribution in [-0.4, -0.2) is 24.0 Å². The van der Waals surface area contributed by atoms with E-state index in [1.54, 1.807) is 0 Å². The molecule has 2 heterocycles. The van der Waals surface area contributed by atoms with E-state index in [9.17, 15) is 0 Å². The molecule has 2 unspecified atom stereocenters. The van der Waals surface area contributed by atoms with Crippen molar-refractivity contribution in [1.29, 1.82) is 0 Å². The highest BCUT2D eigenvalue weighted by molar-refractivity contribution is 5.14. The maximum absolute atomic E-state index is 6.01. The van der Waals surface area contributed by atoms with Crippen LogP contribution in [-0.2, 0) is 9.47 Å². The number of hydrogen-bond donors (Lipinski definition) is 0. The molecule has 0 amide bonds. The molecule has 2 bridgehead atoms. The summed E-state index contributed by atoms with van der Waals surface area (Å²) in [5.41, 5.74) is 1.25. The number of pyridine rings is 1. The minimum absolute atomic E-state index is 0.217. The van der Waals surface area contributed by atoms with Crippen molar-refractivity contribution >= 4 is 0 Å². The zero-order chi connectivity index (χ0) is 12.0. The molecule has 1 aromatic rings. The molecule has 1 spiro atoms. The highest BCUT2D eigenvalue weighted by Gasteiger charge is 2.58. The van der Waals surface area contributed by atoms with Crippen molar-refractivity contribution in [3.05, 3.63) is 30.1 Å². The van der Waals surface area contributed by atoms with Gasteiger partial charge in [0.1, 0.15) is 0 Å². The lowest BCUT2D eigenvalue weighted by Gasteiger charge is -2.41. The van der Waals surface area contributed by atoms with E-state index in [4.69, 9.17) is 9.47 Å². The first-order chi connectivity index (χ1) is 8.88. The number of nitrogens with zero attached hydrogens (tertiary/aromatic N) is 1. The van der Waals surface area contributed by atoms with E-state index in [1.807, 2.05) is 12.3 Å². The summed E-state index contributed by atoms with van der Waals surface area (Å²) in [5, 5.41) is 0. The van der Waals surface area contributed by atoms with Gasteiger partial charge >= 0.3 is 0 Å². The van der Waals surface area contributed by atoms with Crippen molar-refractivity contribution in [2.75, 3.05) is 13.2 Å². The topological polar surface area (TPSA) is 31.4 Å². The predicted octanol–water partition coefficient (Wildman–Crippen LogP) is 2.73. The van der Waals surface area contributed by atoms with Crippen LogP contribution in [0.25, 0.3) is 0 Å². The van der Waals surface area contributed by atoms with Gasteiger partial charge in [0.2, 0.25) is 0 Å². The maximum atomic E-state index is 6.01. The monoisotopic (exact) mass is 245 g/mol. The molecule has 3 aliphatic rings. The molecule has 18 heavy (non-hydrogen) atoms. The third-order valence-corrected chi connectivity index (χ3v) is 4.98. The largest absolute Gasteiger partial charge is 0.347 e. The fourth-order valence-electron chi connectivity index (χ4n) is 4.26. The predicted molar refractivity (Wildman–Crippen MR) is 67.1 cm³/mol. The highest BCUT2D eigenvalue weighted by Crippen LogP contribution is 2.57. The summed E-state index contributed by atoms with van der Waals surface area (Å²) >= 11 is 0. The van der Waals surface area contributed by atoms with E-state index >= 15 is 0 Å². The molecule has 96 valence electrons. The van der Waals surface area contributed by atoms with Gasteiger partial charge in [0.15, 0.2) is 5.79 Å². The van der Waals surface area contributed by atoms with Crippen LogP contribution < -0.4 is 0 Å². The van der Waals surface area contributed by atoms with Gasteiger partial charge in [0.05, 0.1) is 13.2 Å². The maximum Gasteiger partial charge on any atom is 0.174 e. The van der Waals surface area contributed by atoms with E-state index in [1.165, 1.54) is 31.4 Å². The molecule has 3 nitrogen and oxygen atoms in total. The van der Waals surface area contributed by atoms with E-state index in [2.05, 4.69) is 17.1 Å². The molecule has 2 saturated carbocycles. The summed E-state index contributed by atoms with van der Waals surface area (Å²) in [4.78, 5) is 4.53. The molecule has 1 aliphatic heterocycles. The summed E-state index contributed by atoms with van der Waals surface area (Å²) in [5.74, 6) is 1.53. The van der Waals surface area contributed by atoms with Crippen LogP contribution in [0.1, 0.15) is 37.3 Å². The van der Waals surface area contributed by atoms with Crippen LogP contribution in [0.5, 0.6) is 0 Å². The van der Waals surface area contributed by atoms with Crippen molar-refractivity contribution in [3.63, 3.8) is 0 Å². The van der Waals surface area contributed by atoms with Gasteiger partial charge in [0, 0.05) is 29.6 Å². The first-order valence-corrected chi connectivity index (χ1v) is 7.07. The van der Waals surface area contributed by atoms with Gasteiger partial charge < -0.3 is 9.47 Å². The lowest BCUT2D eigenvalue weighted by atomic mass is 9.75. The minimum atomic E-state index is -0.217. The summed E-state index contributed by atoms with van der Waals surface area (Å²) in [6.45, 7) is 1.56. The Balaban J connectivity index is 1.60. The van der Waals surface area contributed by atoms with Crippen LogP contribution in [0, 0.1) is 11.8 Å². The SMILES string of the molecule is c1ccc(C2CC3CCC(C2)C32OCCO2)nc1. The molecular formula is C15H19NO2. The minimum Gasteiger partial charge on any atom is -0.347 e. The number of rotatable bonds is 1. The first kappa shape index (κ1) is 10.9. The molecule has 2 aliphatic carbocycles. The van der Waals surface area contributed by atoms with Gasteiger partial charge in [-0.25, -0.2) is 0 Å². The molecule has 2 atom stereocenters. The summed E-state index contributed by atoms with van der Waals surface area (Å²) in [6.07, 6.45) is 6.77. The third-order valence-electron chi connectivity index (χ3n) is 4.98. The Morgan fingerprint density at radius 2 is 1.78 bits per heavy atom. The Labute approximate surface area is 108 Å². The normalized spacial score (nSPS) is 37.2. The molecule has 0 N–H and O–H groups in total. The molecular weight excluding hydrogens is 226 g/mol. The Morgan fingerprint density at radius 3 is 2.39 bits per heavy atom. The molecule has 4 rings (SSSR count). The van der Waals surface area contributed by atoms with Crippen LogP contribution >= 0.6 is 0 Å². The molecule has 1 aromatic heterocycles. The molecule has 3 heteroatoms. The number of ether oxygens (including phenoxy) is 2. The van der Waals surface area contributed by atoms with E-state index < -0.39 is 0 Å². The Bertz CT molecular complexity index is 411. The van der Waals surface area contributed by atoms with Gasteiger partial charge in [-0.15, -0.1) is 0 Å². The Hall–Kier alpha value is -0.930. The van der Waals surface area contributed by atoms with Crippen LogP contribution in [0.2, 0.25) is 0 Å². The highest BCUT2D eigenvalue weighted by atomic mass is 16.7. The van der Waals surface area contributed by atoms with Gasteiger partial charge in [-0.2, -0.15) is 0 Å². The Morgan fingerprint density at radius 1 is 1.06 bits per heavy atom. The molecule has 0 aromatic carbocycles. The van der Waals surface area contributed by atoms with Crippen molar-refractivity contribution in [2.45, 2.75) is 37.4 Å². The molecule has 1 saturated heterocycles. The van der Waals surface area contributed by atoms with Crippen molar-refractivity contribution in [2.24, 2.45) is 11.8 Å². The van der Waals surface area contributed by atoms with Crippen LogP contribution in [0.15, 0.2) is 24.4 Å². The Kier molecular flexibility index (Phi) is 2.45. The fraction of sp³-hybridized carbons (Fsp3) is 0.667. The van der Waals surface area contributed by atoms with Gasteiger partial charge in [0.25, 0.3) is 0 Å². The fourth-order valence-corrected chi connectivity index (χ4v) is 4.26. The van der Waals surface area contributed by atoms with E-state index in [-0.39, 0.29) is 5.79 Å². The first-order valence-electron chi connectivity index (χ1n) is 7.07. The standard InChI is InChI=1S/C15H19NO2/c1-2-6-16-14(3-1)11-9-12-4-5-13(10-11)15(12)17-7-8-18-15/h1-3,6,11-13H,4-5,7-10H2. The molecule has 3 fully saturated rings. The lowest BCUT2D eigenvalue weighted by molar-refractivity contribution is -0.224. The van der Waals surface area contributed by atoms with Crippen LogP contribution in [0.3, 0.4) is 0 Å². The van der Waals surface area contributed by atoms with Gasteiger partial charge in [-0.05, 0) is 37.8 Å². The van der Waals surface area contributed by atoms with E-state index in [0.717, 1.165) is 13.2 Å². The van der Waals surface area contributed by atoms with Crippen molar-refractivity contribution in [3.8, 4) is 0 Å². The zero-order valence-corrected chi connectivity index (χ0v) is 10.5. The molecule has 0 radical (unpaired) electrons. The van der Waals surface area contributed by atoms with Gasteiger partial charge in [-0.1, -0.05) is 6.07 Å².